The van der Waals surface area contributed by atoms with E-state index >= 15 is 0 Å². The molecule has 0 radical (unpaired) electrons. The number of hydrogen-bond donors (Lipinski definition) is 0. The molecule has 0 fully saturated rings. The molecule has 0 amide bonds. The van der Waals surface area contributed by atoms with Crippen LogP contribution in [0.5, 0.6) is 0 Å². The van der Waals surface area contributed by atoms with Crippen LogP contribution in [-0.2, 0) is 0 Å². The first-order valence-electron chi connectivity index (χ1n) is 13.6. The summed E-state index contributed by atoms with van der Waals surface area (Å²) in [7, 11) is 0. The largest absolute Gasteiger partial charge is 0.445 e. The minimum Gasteiger partial charge on any atom is -0.445 e. The number of furan rings is 1. The van der Waals surface area contributed by atoms with Gasteiger partial charge >= 0.3 is 0 Å². The molecule has 0 aliphatic rings. The molecule has 2 heteroatoms. The Morgan fingerprint density at radius 1 is 0.450 bits per heavy atom. The van der Waals surface area contributed by atoms with E-state index in [0.717, 1.165) is 10.5 Å². The average molecular weight is 527 g/mol. The Kier molecular flexibility index (Phi) is 4.55. The molecule has 0 atom stereocenters. The molecular formula is C38H22OS. The van der Waals surface area contributed by atoms with Crippen LogP contribution in [-0.4, -0.2) is 0 Å². The molecule has 9 rings (SSSR count). The molecule has 0 saturated carbocycles. The van der Waals surface area contributed by atoms with E-state index in [0.29, 0.717) is 0 Å². The highest BCUT2D eigenvalue weighted by Gasteiger charge is 2.19. The first-order chi connectivity index (χ1) is 19.8. The lowest BCUT2D eigenvalue weighted by Gasteiger charge is -2.18. The first kappa shape index (κ1) is 22.0. The van der Waals surface area contributed by atoms with Gasteiger partial charge in [0, 0.05) is 20.9 Å². The van der Waals surface area contributed by atoms with Crippen LogP contribution in [0.15, 0.2) is 138 Å². The van der Waals surface area contributed by atoms with Gasteiger partial charge in [-0.15, -0.1) is 0 Å². The third kappa shape index (κ3) is 3.03. The zero-order valence-electron chi connectivity index (χ0n) is 21.5. The number of fused-ring (bicyclic) bond motifs is 8. The number of hydrogen-bond acceptors (Lipinski definition) is 2. The van der Waals surface area contributed by atoms with Crippen LogP contribution in [0.3, 0.4) is 0 Å². The Bertz CT molecular complexity index is 2380. The molecule has 0 unspecified atom stereocenters. The summed E-state index contributed by atoms with van der Waals surface area (Å²) in [6, 6.07) is 48.4. The van der Waals surface area contributed by atoms with E-state index in [1.54, 1.807) is 11.3 Å². The van der Waals surface area contributed by atoms with Gasteiger partial charge in [-0.2, -0.15) is 0 Å². The highest BCUT2D eigenvalue weighted by atomic mass is 32.1. The molecule has 0 bridgehead atoms. The summed E-state index contributed by atoms with van der Waals surface area (Å²) in [6.45, 7) is 0. The Hall–Kier alpha value is -4.92. The second-order valence-electron chi connectivity index (χ2n) is 10.4. The minimum atomic E-state index is 0.941. The summed E-state index contributed by atoms with van der Waals surface area (Å²) in [6.07, 6.45) is 0. The quantitative estimate of drug-likeness (QED) is 0.204. The van der Waals surface area contributed by atoms with E-state index in [1.165, 1.54) is 75.4 Å². The summed E-state index contributed by atoms with van der Waals surface area (Å²) in [5, 5.41) is 11.2. The van der Waals surface area contributed by atoms with Crippen molar-refractivity contribution in [1.82, 2.24) is 0 Å². The van der Waals surface area contributed by atoms with Crippen molar-refractivity contribution in [2.45, 2.75) is 0 Å². The van der Waals surface area contributed by atoms with Crippen LogP contribution in [0, 0.1) is 0 Å². The minimum absolute atomic E-state index is 0.941. The number of rotatable bonds is 2. The van der Waals surface area contributed by atoms with Crippen LogP contribution in [0.4, 0.5) is 0 Å². The van der Waals surface area contributed by atoms with Gasteiger partial charge in [-0.3, -0.25) is 0 Å². The summed E-state index contributed by atoms with van der Waals surface area (Å²) in [5.74, 6) is 0. The van der Waals surface area contributed by atoms with Crippen LogP contribution in [0.25, 0.3) is 85.9 Å². The standard InChI is InChI=1S/C38H22OS/c1-2-12-25-23(10-1)11-9-18-26(25)36-29-15-5-3-13-27(29)35(28-14-4-6-16-30(28)36)24-20-21-31-33(22-24)39-38-37(31)32-17-7-8-19-34(32)40-38/h1-22H. The molecule has 0 spiro atoms. The van der Waals surface area contributed by atoms with Crippen molar-refractivity contribution >= 4 is 75.0 Å². The normalized spacial score (nSPS) is 12.0. The molecule has 0 aliphatic heterocycles. The average Bonchev–Trinajstić information content (AvgIpc) is 3.55. The predicted molar refractivity (Wildman–Crippen MR) is 172 cm³/mol. The van der Waals surface area contributed by atoms with E-state index in [2.05, 4.69) is 133 Å². The Labute approximate surface area is 234 Å². The van der Waals surface area contributed by atoms with Gasteiger partial charge in [0.2, 0.25) is 0 Å². The van der Waals surface area contributed by atoms with Gasteiger partial charge < -0.3 is 4.42 Å². The molecule has 40 heavy (non-hydrogen) atoms. The Morgan fingerprint density at radius 2 is 1.05 bits per heavy atom. The van der Waals surface area contributed by atoms with E-state index in [4.69, 9.17) is 4.42 Å². The van der Waals surface area contributed by atoms with Crippen LogP contribution < -0.4 is 0 Å². The van der Waals surface area contributed by atoms with Crippen molar-refractivity contribution in [3.8, 4) is 22.3 Å². The van der Waals surface area contributed by atoms with Gasteiger partial charge in [0.15, 0.2) is 4.90 Å². The van der Waals surface area contributed by atoms with Crippen molar-refractivity contribution in [1.29, 1.82) is 0 Å². The van der Waals surface area contributed by atoms with E-state index in [-0.39, 0.29) is 0 Å². The molecule has 2 heterocycles. The molecule has 0 saturated heterocycles. The van der Waals surface area contributed by atoms with Gasteiger partial charge in [0.25, 0.3) is 0 Å². The third-order valence-electron chi connectivity index (χ3n) is 8.30. The third-order valence-corrected chi connectivity index (χ3v) is 9.34. The smallest absolute Gasteiger partial charge is 0.190 e. The second-order valence-corrected chi connectivity index (χ2v) is 11.5. The SMILES string of the molecule is c1ccc2c(-c3c4ccccc4c(-c4ccc5c(c4)oc4sc6ccccc6c45)c4ccccc34)cccc2c1. The van der Waals surface area contributed by atoms with Crippen LogP contribution in [0.2, 0.25) is 0 Å². The lowest BCUT2D eigenvalue weighted by atomic mass is 9.84. The van der Waals surface area contributed by atoms with Gasteiger partial charge in [0.1, 0.15) is 5.58 Å². The summed E-state index contributed by atoms with van der Waals surface area (Å²) >= 11 is 1.73. The summed E-state index contributed by atoms with van der Waals surface area (Å²) in [4.78, 5) is 0.995. The van der Waals surface area contributed by atoms with Gasteiger partial charge in [-0.25, -0.2) is 0 Å². The van der Waals surface area contributed by atoms with Crippen molar-refractivity contribution in [3.05, 3.63) is 133 Å². The molecule has 1 nitrogen and oxygen atoms in total. The van der Waals surface area contributed by atoms with Crippen molar-refractivity contribution in [2.75, 3.05) is 0 Å². The maximum absolute atomic E-state index is 6.48. The fourth-order valence-electron chi connectivity index (χ4n) is 6.59. The molecule has 2 aromatic heterocycles. The van der Waals surface area contributed by atoms with Crippen LogP contribution in [0.1, 0.15) is 0 Å². The maximum atomic E-state index is 6.48. The highest BCUT2D eigenvalue weighted by molar-refractivity contribution is 7.25. The molecule has 7 aromatic carbocycles. The fraction of sp³-hybridized carbons (Fsp3) is 0. The molecular weight excluding hydrogens is 504 g/mol. The zero-order valence-corrected chi connectivity index (χ0v) is 22.3. The number of benzene rings is 7. The predicted octanol–water partition coefficient (Wildman–Crippen LogP) is 11.6. The lowest BCUT2D eigenvalue weighted by Crippen LogP contribution is -1.91. The number of thiophene rings is 1. The molecule has 186 valence electrons. The molecule has 0 N–H and O–H groups in total. The molecule has 0 aliphatic carbocycles. The van der Waals surface area contributed by atoms with E-state index in [9.17, 15) is 0 Å². The Morgan fingerprint density at radius 3 is 1.80 bits per heavy atom. The van der Waals surface area contributed by atoms with E-state index < -0.39 is 0 Å². The summed E-state index contributed by atoms with van der Waals surface area (Å²) in [5.41, 5.74) is 5.93. The monoisotopic (exact) mass is 526 g/mol. The van der Waals surface area contributed by atoms with Crippen molar-refractivity contribution in [2.24, 2.45) is 0 Å². The summed E-state index contributed by atoms with van der Waals surface area (Å²) < 4.78 is 7.75. The molecule has 9 aromatic rings. The van der Waals surface area contributed by atoms with Crippen LogP contribution >= 0.6 is 11.3 Å². The van der Waals surface area contributed by atoms with Crippen molar-refractivity contribution < 1.29 is 4.42 Å². The van der Waals surface area contributed by atoms with E-state index in [1.807, 2.05) is 0 Å². The van der Waals surface area contributed by atoms with Crippen molar-refractivity contribution in [3.63, 3.8) is 0 Å². The second kappa shape index (κ2) is 8.29. The topological polar surface area (TPSA) is 13.1 Å². The first-order valence-corrected chi connectivity index (χ1v) is 14.4. The lowest BCUT2D eigenvalue weighted by molar-refractivity contribution is 0.678. The Balaban J connectivity index is 1.38. The fourth-order valence-corrected chi connectivity index (χ4v) is 7.67. The van der Waals surface area contributed by atoms with Gasteiger partial charge in [-0.1, -0.05) is 127 Å². The maximum Gasteiger partial charge on any atom is 0.190 e. The van der Waals surface area contributed by atoms with Gasteiger partial charge in [0.05, 0.1) is 0 Å². The zero-order chi connectivity index (χ0) is 26.2. The highest BCUT2D eigenvalue weighted by Crippen LogP contribution is 2.47. The van der Waals surface area contributed by atoms with Gasteiger partial charge in [-0.05, 0) is 72.8 Å².